The third-order valence-corrected chi connectivity index (χ3v) is 18.0. The molecule has 3 amide bonds. The van der Waals surface area contributed by atoms with Crippen molar-refractivity contribution < 1.29 is 32.7 Å². The second kappa shape index (κ2) is 21.3. The average molecular weight is 691 g/mol. The molecule has 0 saturated heterocycles. The summed E-state index contributed by atoms with van der Waals surface area (Å²) >= 11 is 0. The number of nitrogens with one attached hydrogen (secondary N) is 2. The molecule has 13 heteroatoms. The summed E-state index contributed by atoms with van der Waals surface area (Å²) in [5.74, 6) is -0.164. The molecule has 1 unspecified atom stereocenters. The highest BCUT2D eigenvalue weighted by Gasteiger charge is 2.35. The molecule has 0 radical (unpaired) electrons. The van der Waals surface area contributed by atoms with Gasteiger partial charge in [-0.1, -0.05) is 41.5 Å². The average Bonchev–Trinajstić information content (AvgIpc) is 2.98. The van der Waals surface area contributed by atoms with E-state index in [1.54, 1.807) is 4.90 Å². The minimum Gasteiger partial charge on any atom is -0.444 e. The number of alkyl carbamates (subject to hydrolysis) is 2. The summed E-state index contributed by atoms with van der Waals surface area (Å²) in [5.41, 5.74) is 5.31. The van der Waals surface area contributed by atoms with Gasteiger partial charge in [-0.15, -0.1) is 0 Å². The molecule has 11 nitrogen and oxygen atoms in total. The number of nitrogens with zero attached hydrogens (tertiary/aromatic N) is 1. The molecule has 2 atom stereocenters. The van der Waals surface area contributed by atoms with E-state index in [0.29, 0.717) is 45.5 Å². The molecule has 0 fully saturated rings. The van der Waals surface area contributed by atoms with Gasteiger partial charge in [0.05, 0.1) is 18.8 Å². The van der Waals surface area contributed by atoms with Gasteiger partial charge in [-0.2, -0.15) is 0 Å². The Bertz CT molecular complexity index is 872. The normalized spacial score (nSPS) is 13.9. The molecule has 272 valence electrons. The third-order valence-electron chi connectivity index (χ3n) is 8.59. The van der Waals surface area contributed by atoms with Crippen LogP contribution in [-0.4, -0.2) is 95.8 Å². The highest BCUT2D eigenvalue weighted by molar-refractivity contribution is 6.74. The quantitative estimate of drug-likeness (QED) is 0.0835. The minimum atomic E-state index is -2.09. The topological polar surface area (TPSA) is 141 Å². The van der Waals surface area contributed by atoms with Gasteiger partial charge in [-0.05, 0) is 97.1 Å². The first kappa shape index (κ1) is 44.3. The molecule has 0 aromatic heterocycles. The molecule has 0 aliphatic rings. The summed E-state index contributed by atoms with van der Waals surface area (Å²) in [5, 5.41) is 5.64. The number of amides is 3. The van der Waals surface area contributed by atoms with Crippen LogP contribution in [0, 0.1) is 0 Å². The Balaban J connectivity index is 5.83. The van der Waals surface area contributed by atoms with Crippen LogP contribution in [0.15, 0.2) is 0 Å². The van der Waals surface area contributed by atoms with Gasteiger partial charge in [-0.3, -0.25) is 4.79 Å². The molecular weight excluding hydrogens is 621 g/mol. The summed E-state index contributed by atoms with van der Waals surface area (Å²) in [7, 11) is -3.95. The van der Waals surface area contributed by atoms with Crippen molar-refractivity contribution in [1.29, 1.82) is 0 Å². The van der Waals surface area contributed by atoms with Crippen molar-refractivity contribution in [3.8, 4) is 0 Å². The van der Waals surface area contributed by atoms with Gasteiger partial charge in [0, 0.05) is 26.2 Å². The predicted molar refractivity (Wildman–Crippen MR) is 192 cm³/mol. The van der Waals surface area contributed by atoms with E-state index >= 15 is 0 Å². The molecule has 0 aliphatic heterocycles. The number of unbranched alkanes of at least 4 members (excludes halogenated alkanes) is 1. The van der Waals surface area contributed by atoms with E-state index in [0.717, 1.165) is 36.3 Å². The van der Waals surface area contributed by atoms with E-state index in [1.165, 1.54) is 0 Å². The van der Waals surface area contributed by atoms with Gasteiger partial charge < -0.3 is 39.6 Å². The van der Waals surface area contributed by atoms with Gasteiger partial charge >= 0.3 is 12.2 Å². The number of ether oxygens (including phenoxy) is 2. The number of carbonyl (C=O) groups excluding carboxylic acids is 3. The number of rotatable bonds is 22. The lowest BCUT2D eigenvalue weighted by Crippen LogP contribution is -2.53. The van der Waals surface area contributed by atoms with Crippen LogP contribution in [0.5, 0.6) is 0 Å². The first-order valence-electron chi connectivity index (χ1n) is 17.6. The summed E-state index contributed by atoms with van der Waals surface area (Å²) in [4.78, 5) is 40.2. The van der Waals surface area contributed by atoms with Crippen molar-refractivity contribution >= 4 is 34.7 Å². The lowest BCUT2D eigenvalue weighted by Gasteiger charge is -2.37. The molecule has 4 N–H and O–H groups in total. The maximum atomic E-state index is 13.9. The van der Waals surface area contributed by atoms with Crippen LogP contribution in [0.2, 0.25) is 36.3 Å². The van der Waals surface area contributed by atoms with Crippen LogP contribution in [0.1, 0.15) is 102 Å². The molecular formula is C33H70N4O7Si2. The smallest absolute Gasteiger partial charge is 0.407 e. The van der Waals surface area contributed by atoms with Crippen LogP contribution in [0.4, 0.5) is 9.59 Å². The van der Waals surface area contributed by atoms with Crippen LogP contribution < -0.4 is 16.4 Å². The summed E-state index contributed by atoms with van der Waals surface area (Å²) in [6.45, 7) is 25.8. The Morgan fingerprint density at radius 3 is 1.67 bits per heavy atom. The van der Waals surface area contributed by atoms with E-state index in [9.17, 15) is 14.4 Å². The monoisotopic (exact) mass is 690 g/mol. The second-order valence-corrected chi connectivity index (χ2v) is 23.8. The maximum Gasteiger partial charge on any atom is 0.407 e. The molecule has 0 rings (SSSR count). The van der Waals surface area contributed by atoms with Crippen molar-refractivity contribution in [1.82, 2.24) is 15.5 Å². The number of carbonyl (C=O) groups is 3. The number of nitrogens with two attached hydrogens (primary N) is 1. The molecule has 0 aliphatic carbocycles. The van der Waals surface area contributed by atoms with Crippen LogP contribution in [0.25, 0.3) is 0 Å². The van der Waals surface area contributed by atoms with E-state index in [1.807, 2.05) is 41.5 Å². The Labute approximate surface area is 283 Å². The van der Waals surface area contributed by atoms with Gasteiger partial charge in [0.15, 0.2) is 16.6 Å². The maximum absolute atomic E-state index is 13.9. The van der Waals surface area contributed by atoms with E-state index in [-0.39, 0.29) is 12.5 Å². The SMILES string of the molecule is CC[Si](CC)(CC)OCCN(CC(CNC(=O)OC(C)(C)C)O[Si](CC)(CC)CC)C(=O)[C@@H](N)CCCCNC(=O)OC(C)(C)C. The Hall–Kier alpha value is -1.68. The molecule has 46 heavy (non-hydrogen) atoms. The van der Waals surface area contributed by atoms with Crippen molar-refractivity contribution in [3.05, 3.63) is 0 Å². The fraction of sp³-hybridized carbons (Fsp3) is 0.909. The Morgan fingerprint density at radius 1 is 0.739 bits per heavy atom. The molecule has 0 aromatic rings. The van der Waals surface area contributed by atoms with Crippen molar-refractivity contribution in [2.24, 2.45) is 5.73 Å². The van der Waals surface area contributed by atoms with Gasteiger partial charge in [0.25, 0.3) is 0 Å². The Kier molecular flexibility index (Phi) is 20.5. The fourth-order valence-electron chi connectivity index (χ4n) is 5.33. The first-order valence-corrected chi connectivity index (χ1v) is 22.7. The predicted octanol–water partition coefficient (Wildman–Crippen LogP) is 6.77. The van der Waals surface area contributed by atoms with Crippen molar-refractivity contribution in [2.75, 3.05) is 32.8 Å². The molecule has 0 spiro atoms. The molecule has 0 bridgehead atoms. The van der Waals surface area contributed by atoms with Gasteiger partial charge in [0.1, 0.15) is 11.2 Å². The largest absolute Gasteiger partial charge is 0.444 e. The second-order valence-electron chi connectivity index (χ2n) is 14.3. The third kappa shape index (κ3) is 18.0. The van der Waals surface area contributed by atoms with Crippen molar-refractivity contribution in [2.45, 2.75) is 162 Å². The Morgan fingerprint density at radius 2 is 1.22 bits per heavy atom. The van der Waals surface area contributed by atoms with Gasteiger partial charge in [0.2, 0.25) is 5.91 Å². The van der Waals surface area contributed by atoms with Gasteiger partial charge in [-0.25, -0.2) is 9.59 Å². The zero-order valence-electron chi connectivity index (χ0n) is 31.4. The van der Waals surface area contributed by atoms with Crippen LogP contribution in [0.3, 0.4) is 0 Å². The lowest BCUT2D eigenvalue weighted by atomic mass is 10.1. The van der Waals surface area contributed by atoms with Crippen molar-refractivity contribution in [3.63, 3.8) is 0 Å². The van der Waals surface area contributed by atoms with E-state index in [4.69, 9.17) is 24.1 Å². The highest BCUT2D eigenvalue weighted by atomic mass is 28.4. The molecule has 0 saturated carbocycles. The lowest BCUT2D eigenvalue weighted by molar-refractivity contribution is -0.134. The molecule has 0 heterocycles. The van der Waals surface area contributed by atoms with Crippen LogP contribution in [-0.2, 0) is 23.1 Å². The zero-order valence-corrected chi connectivity index (χ0v) is 33.4. The summed E-state index contributed by atoms with van der Waals surface area (Å²) < 4.78 is 24.2. The van der Waals surface area contributed by atoms with E-state index < -0.39 is 52.2 Å². The highest BCUT2D eigenvalue weighted by Crippen LogP contribution is 2.25. The molecule has 0 aromatic carbocycles. The number of hydrogen-bond donors (Lipinski definition) is 3. The fourth-order valence-corrected chi connectivity index (χ4v) is 10.8. The first-order chi connectivity index (χ1) is 21.3. The van der Waals surface area contributed by atoms with E-state index in [2.05, 4.69) is 52.2 Å². The van der Waals surface area contributed by atoms with Crippen LogP contribution >= 0.6 is 0 Å². The number of hydrogen-bond acceptors (Lipinski definition) is 8. The zero-order chi connectivity index (χ0) is 35.6. The minimum absolute atomic E-state index is 0.164. The summed E-state index contributed by atoms with van der Waals surface area (Å²) in [6, 6.07) is 5.17. The summed E-state index contributed by atoms with van der Waals surface area (Å²) in [6.07, 6.45) is 0.427. The standard InChI is InChI=1S/C33H70N4O7Si2/c1-13-45(14-2,15-3)41-24-23-37(29(38)28(34)21-19-20-22-35-30(39)42-32(7,8)9)26-27(44-46(16-4,17-5)18-6)25-36-31(40)43-33(10,11)12/h27-28H,13-26,34H2,1-12H3,(H,35,39)(H,36,40)/t27?,28-/m0/s1.